The Kier molecular flexibility index (Phi) is 8.82. The molecule has 1 atom stereocenters. The second-order valence-electron chi connectivity index (χ2n) is 7.72. The Bertz CT molecular complexity index is 847. The summed E-state index contributed by atoms with van der Waals surface area (Å²) in [4.78, 5) is 29.2. The third kappa shape index (κ3) is 7.66. The van der Waals surface area contributed by atoms with Crippen molar-refractivity contribution >= 4 is 18.0 Å². The van der Waals surface area contributed by atoms with E-state index in [1.165, 1.54) is 12.7 Å². The number of esters is 1. The van der Waals surface area contributed by atoms with Crippen LogP contribution < -0.4 is 5.32 Å². The van der Waals surface area contributed by atoms with E-state index < -0.39 is 12.0 Å². The lowest BCUT2D eigenvalue weighted by molar-refractivity contribution is -0.145. The summed E-state index contributed by atoms with van der Waals surface area (Å²) < 4.78 is 4.88. The van der Waals surface area contributed by atoms with Crippen molar-refractivity contribution in [2.24, 2.45) is 0 Å². The second kappa shape index (κ2) is 12.0. The maximum Gasteiger partial charge on any atom is 0.328 e. The molecule has 2 aromatic rings. The predicted octanol–water partition coefficient (Wildman–Crippen LogP) is 2.22. The van der Waals surface area contributed by atoms with E-state index in [2.05, 4.69) is 39.4 Å². The fourth-order valence-corrected chi connectivity index (χ4v) is 3.66. The van der Waals surface area contributed by atoms with Crippen LogP contribution in [-0.4, -0.2) is 74.1 Å². The van der Waals surface area contributed by atoms with Crippen LogP contribution in [0.15, 0.2) is 66.7 Å². The molecule has 0 aliphatic carbocycles. The Hall–Kier alpha value is -2.96. The zero-order valence-corrected chi connectivity index (χ0v) is 18.1. The Labute approximate surface area is 184 Å². The predicted molar refractivity (Wildman–Crippen MR) is 122 cm³/mol. The molecule has 0 bridgehead atoms. The largest absolute Gasteiger partial charge is 0.467 e. The Balaban J connectivity index is 1.42. The average molecular weight is 422 g/mol. The maximum absolute atomic E-state index is 12.6. The molecule has 0 spiro atoms. The number of hydrogen-bond donors (Lipinski definition) is 1. The van der Waals surface area contributed by atoms with Crippen LogP contribution in [0.25, 0.3) is 6.08 Å². The summed E-state index contributed by atoms with van der Waals surface area (Å²) in [5, 5.41) is 2.85. The van der Waals surface area contributed by atoms with Gasteiger partial charge in [0.2, 0.25) is 5.91 Å². The van der Waals surface area contributed by atoms with Gasteiger partial charge in [-0.15, -0.1) is 0 Å². The summed E-state index contributed by atoms with van der Waals surface area (Å²) >= 11 is 0. The Morgan fingerprint density at radius 2 is 1.58 bits per heavy atom. The van der Waals surface area contributed by atoms with Gasteiger partial charge in [-0.3, -0.25) is 14.6 Å². The number of amides is 1. The van der Waals surface area contributed by atoms with Crippen LogP contribution in [0, 0.1) is 0 Å². The summed E-state index contributed by atoms with van der Waals surface area (Å²) in [5.41, 5.74) is 2.18. The molecule has 6 nitrogen and oxygen atoms in total. The van der Waals surface area contributed by atoms with Gasteiger partial charge in [0, 0.05) is 39.1 Å². The third-order valence-electron chi connectivity index (χ3n) is 5.41. The third-order valence-corrected chi connectivity index (χ3v) is 5.41. The first-order valence-corrected chi connectivity index (χ1v) is 10.7. The maximum atomic E-state index is 12.6. The number of rotatable bonds is 9. The molecular weight excluding hydrogens is 390 g/mol. The van der Waals surface area contributed by atoms with E-state index in [0.717, 1.165) is 38.3 Å². The molecule has 0 radical (unpaired) electrons. The van der Waals surface area contributed by atoms with Gasteiger partial charge in [0.15, 0.2) is 0 Å². The molecule has 1 saturated heterocycles. The highest BCUT2D eigenvalue weighted by atomic mass is 16.5. The summed E-state index contributed by atoms with van der Waals surface area (Å²) in [5.74, 6) is -0.573. The lowest BCUT2D eigenvalue weighted by atomic mass is 10.1. The molecule has 1 aliphatic rings. The van der Waals surface area contributed by atoms with Gasteiger partial charge in [-0.05, 0) is 11.1 Å². The van der Waals surface area contributed by atoms with Gasteiger partial charge in [0.1, 0.15) is 6.04 Å². The fraction of sp³-hybridized carbons (Fsp3) is 0.360. The number of piperazine rings is 1. The molecule has 2 aromatic carbocycles. The molecule has 0 aromatic heterocycles. The molecule has 0 saturated carbocycles. The van der Waals surface area contributed by atoms with E-state index >= 15 is 0 Å². The Morgan fingerprint density at radius 3 is 2.23 bits per heavy atom. The van der Waals surface area contributed by atoms with E-state index in [0.29, 0.717) is 6.42 Å². The number of carbonyl (C=O) groups excluding carboxylic acids is 2. The summed E-state index contributed by atoms with van der Waals surface area (Å²) in [7, 11) is 1.35. The zero-order chi connectivity index (χ0) is 21.9. The lowest BCUT2D eigenvalue weighted by Crippen LogP contribution is -2.51. The first kappa shape index (κ1) is 22.7. The van der Waals surface area contributed by atoms with Crippen molar-refractivity contribution in [2.75, 3.05) is 46.4 Å². The van der Waals surface area contributed by atoms with Gasteiger partial charge in [-0.1, -0.05) is 72.8 Å². The van der Waals surface area contributed by atoms with Crippen molar-refractivity contribution in [3.05, 3.63) is 77.9 Å². The van der Waals surface area contributed by atoms with Crippen molar-refractivity contribution in [3.63, 3.8) is 0 Å². The van der Waals surface area contributed by atoms with Gasteiger partial charge >= 0.3 is 5.97 Å². The van der Waals surface area contributed by atoms with Crippen LogP contribution >= 0.6 is 0 Å². The SMILES string of the molecule is COC(=O)[C@H](Cc1ccccc1)NC(=O)CN1CCN(C/C=C/c2ccccc2)CC1. The quantitative estimate of drug-likeness (QED) is 0.629. The van der Waals surface area contributed by atoms with Crippen molar-refractivity contribution < 1.29 is 14.3 Å². The summed E-state index contributed by atoms with van der Waals surface area (Å²) in [6.07, 6.45) is 4.74. The van der Waals surface area contributed by atoms with Crippen LogP contribution in [0.2, 0.25) is 0 Å². The second-order valence-corrected chi connectivity index (χ2v) is 7.72. The fourth-order valence-electron chi connectivity index (χ4n) is 3.66. The van der Waals surface area contributed by atoms with Gasteiger partial charge < -0.3 is 10.1 Å². The highest BCUT2D eigenvalue weighted by Crippen LogP contribution is 2.07. The standard InChI is InChI=1S/C25H31N3O3/c1-31-25(30)23(19-22-11-6-3-7-12-22)26-24(29)20-28-17-15-27(16-18-28)14-8-13-21-9-4-2-5-10-21/h2-13,23H,14-20H2,1H3,(H,26,29)/b13-8+/t23-/m0/s1. The minimum Gasteiger partial charge on any atom is -0.467 e. The monoisotopic (exact) mass is 421 g/mol. The molecule has 3 rings (SSSR count). The van der Waals surface area contributed by atoms with Crippen LogP contribution in [0.5, 0.6) is 0 Å². The smallest absolute Gasteiger partial charge is 0.328 e. The zero-order valence-electron chi connectivity index (χ0n) is 18.1. The molecule has 164 valence electrons. The molecule has 1 N–H and O–H groups in total. The Morgan fingerprint density at radius 1 is 0.968 bits per heavy atom. The summed E-state index contributed by atoms with van der Waals surface area (Å²) in [6.45, 7) is 4.67. The van der Waals surface area contributed by atoms with Gasteiger partial charge in [-0.25, -0.2) is 4.79 Å². The van der Waals surface area contributed by atoms with Crippen molar-refractivity contribution in [1.29, 1.82) is 0 Å². The first-order chi connectivity index (χ1) is 15.1. The highest BCUT2D eigenvalue weighted by Gasteiger charge is 2.24. The lowest BCUT2D eigenvalue weighted by Gasteiger charge is -2.33. The molecule has 1 fully saturated rings. The number of ether oxygens (including phenoxy) is 1. The van der Waals surface area contributed by atoms with Crippen LogP contribution in [0.4, 0.5) is 0 Å². The van der Waals surface area contributed by atoms with Gasteiger partial charge in [-0.2, -0.15) is 0 Å². The van der Waals surface area contributed by atoms with Crippen molar-refractivity contribution in [2.45, 2.75) is 12.5 Å². The number of nitrogens with zero attached hydrogens (tertiary/aromatic N) is 2. The number of hydrogen-bond acceptors (Lipinski definition) is 5. The normalized spacial score (nSPS) is 16.2. The number of benzene rings is 2. The summed E-state index contributed by atoms with van der Waals surface area (Å²) in [6, 6.07) is 19.2. The van der Waals surface area contributed by atoms with Crippen molar-refractivity contribution in [3.8, 4) is 0 Å². The van der Waals surface area contributed by atoms with Crippen molar-refractivity contribution in [1.82, 2.24) is 15.1 Å². The molecular formula is C25H31N3O3. The molecule has 31 heavy (non-hydrogen) atoms. The van der Waals surface area contributed by atoms with E-state index in [4.69, 9.17) is 4.74 Å². The highest BCUT2D eigenvalue weighted by molar-refractivity contribution is 5.85. The van der Waals surface area contributed by atoms with Crippen LogP contribution in [0.1, 0.15) is 11.1 Å². The van der Waals surface area contributed by atoms with Crippen LogP contribution in [-0.2, 0) is 20.7 Å². The van der Waals surface area contributed by atoms with Gasteiger partial charge in [0.25, 0.3) is 0 Å². The van der Waals surface area contributed by atoms with E-state index in [1.54, 1.807) is 0 Å². The van der Waals surface area contributed by atoms with Gasteiger partial charge in [0.05, 0.1) is 13.7 Å². The minimum atomic E-state index is -0.677. The molecule has 1 aliphatic heterocycles. The van der Waals surface area contributed by atoms with E-state index in [9.17, 15) is 9.59 Å². The average Bonchev–Trinajstić information content (AvgIpc) is 2.80. The number of nitrogens with one attached hydrogen (secondary N) is 1. The number of methoxy groups -OCH3 is 1. The molecule has 1 amide bonds. The molecule has 1 heterocycles. The molecule has 0 unspecified atom stereocenters. The number of carbonyl (C=O) groups is 2. The van der Waals surface area contributed by atoms with E-state index in [1.807, 2.05) is 48.5 Å². The van der Waals surface area contributed by atoms with Crippen LogP contribution in [0.3, 0.4) is 0 Å². The first-order valence-electron chi connectivity index (χ1n) is 10.7. The van der Waals surface area contributed by atoms with E-state index in [-0.39, 0.29) is 12.5 Å². The molecule has 6 heteroatoms. The minimum absolute atomic E-state index is 0.149. The topological polar surface area (TPSA) is 61.9 Å².